The lowest BCUT2D eigenvalue weighted by Gasteiger charge is -2.47. The van der Waals surface area contributed by atoms with E-state index in [2.05, 4.69) is 16.0 Å². The van der Waals surface area contributed by atoms with E-state index in [1.165, 1.54) is 0 Å². The first-order chi connectivity index (χ1) is 10.3. The van der Waals surface area contributed by atoms with E-state index in [-0.39, 0.29) is 6.10 Å². The number of piperidine rings is 1. The molecule has 1 unspecified atom stereocenters. The van der Waals surface area contributed by atoms with Gasteiger partial charge in [0.1, 0.15) is 6.10 Å². The second-order valence-corrected chi connectivity index (χ2v) is 5.88. The van der Waals surface area contributed by atoms with Crippen molar-refractivity contribution in [2.45, 2.75) is 44.4 Å². The van der Waals surface area contributed by atoms with E-state index in [9.17, 15) is 0 Å². The quantitative estimate of drug-likeness (QED) is 0.846. The highest BCUT2D eigenvalue weighted by Crippen LogP contribution is 2.30. The topological polar surface area (TPSA) is 58.4 Å². The summed E-state index contributed by atoms with van der Waals surface area (Å²) in [6.45, 7) is 4.34. The zero-order valence-corrected chi connectivity index (χ0v) is 12.4. The van der Waals surface area contributed by atoms with Gasteiger partial charge in [-0.15, -0.1) is 0 Å². The second kappa shape index (κ2) is 6.42. The molecule has 0 radical (unpaired) electrons. The largest absolute Gasteiger partial charge is 0.474 e. The second-order valence-electron chi connectivity index (χ2n) is 5.88. The average molecular weight is 287 g/mol. The van der Waals surface area contributed by atoms with Crippen LogP contribution in [0.25, 0.3) is 0 Å². The maximum absolute atomic E-state index is 8.79. The van der Waals surface area contributed by atoms with Gasteiger partial charge in [-0.25, -0.2) is 4.98 Å². The number of ether oxygens (including phenoxy) is 2. The van der Waals surface area contributed by atoms with Crippen molar-refractivity contribution in [3.63, 3.8) is 0 Å². The molecule has 0 spiro atoms. The Hall–Kier alpha value is -1.64. The third kappa shape index (κ3) is 3.34. The summed E-state index contributed by atoms with van der Waals surface area (Å²) in [6, 6.07) is 6.92. The number of pyridine rings is 1. The van der Waals surface area contributed by atoms with Crippen LogP contribution in [0.15, 0.2) is 18.3 Å². The van der Waals surface area contributed by atoms with Crippen molar-refractivity contribution < 1.29 is 9.47 Å². The van der Waals surface area contributed by atoms with Gasteiger partial charge in [0.25, 0.3) is 0 Å². The van der Waals surface area contributed by atoms with Crippen LogP contribution in [-0.4, -0.2) is 47.8 Å². The summed E-state index contributed by atoms with van der Waals surface area (Å²) in [7, 11) is 0. The van der Waals surface area contributed by atoms with Crippen LogP contribution in [-0.2, 0) is 4.74 Å². The molecule has 0 aromatic carbocycles. The summed E-state index contributed by atoms with van der Waals surface area (Å²) in [4.78, 5) is 6.75. The number of hydrogen-bond acceptors (Lipinski definition) is 5. The minimum Gasteiger partial charge on any atom is -0.474 e. The lowest BCUT2D eigenvalue weighted by Crippen LogP contribution is -2.59. The van der Waals surface area contributed by atoms with Crippen LogP contribution < -0.4 is 4.74 Å². The molecule has 3 rings (SSSR count). The van der Waals surface area contributed by atoms with Gasteiger partial charge in [-0.1, -0.05) is 6.07 Å². The minimum atomic E-state index is 0.192. The van der Waals surface area contributed by atoms with Gasteiger partial charge in [-0.2, -0.15) is 5.26 Å². The number of nitrogens with zero attached hydrogens (tertiary/aromatic N) is 3. The molecule has 2 aliphatic rings. The van der Waals surface area contributed by atoms with Crippen molar-refractivity contribution in [1.29, 1.82) is 5.26 Å². The number of hydrogen-bond donors (Lipinski definition) is 0. The van der Waals surface area contributed by atoms with Crippen LogP contribution in [0.4, 0.5) is 0 Å². The van der Waals surface area contributed by atoms with Crippen LogP contribution in [0, 0.1) is 18.3 Å². The van der Waals surface area contributed by atoms with Gasteiger partial charge in [0.2, 0.25) is 5.88 Å². The van der Waals surface area contributed by atoms with E-state index < -0.39 is 0 Å². The Balaban J connectivity index is 1.63. The Morgan fingerprint density at radius 1 is 1.38 bits per heavy atom. The standard InChI is InChI=1S/C16H21N3O2/c1-12-3-4-16(18-9-12)21-15-7-13-10-20-11-14(8-15)19(13)6-2-5-17/h3-4,9,13-15H,2,6-8,10-11H2,1H3/t13-,14+,15?. The molecule has 2 fully saturated rings. The third-order valence-electron chi connectivity index (χ3n) is 4.28. The first-order valence-corrected chi connectivity index (χ1v) is 7.56. The van der Waals surface area contributed by atoms with E-state index in [1.807, 2.05) is 25.3 Å². The van der Waals surface area contributed by atoms with Crippen molar-refractivity contribution in [3.8, 4) is 11.9 Å². The summed E-state index contributed by atoms with van der Waals surface area (Å²) in [6.07, 6.45) is 4.49. The lowest BCUT2D eigenvalue weighted by molar-refractivity contribution is -0.0991. The molecule has 3 heterocycles. The summed E-state index contributed by atoms with van der Waals surface area (Å²) < 4.78 is 11.7. The molecule has 3 atom stereocenters. The molecule has 0 aliphatic carbocycles. The predicted molar refractivity (Wildman–Crippen MR) is 78.0 cm³/mol. The molecular weight excluding hydrogens is 266 g/mol. The van der Waals surface area contributed by atoms with Crippen molar-refractivity contribution >= 4 is 0 Å². The smallest absolute Gasteiger partial charge is 0.213 e. The fourth-order valence-electron chi connectivity index (χ4n) is 3.27. The maximum Gasteiger partial charge on any atom is 0.213 e. The van der Waals surface area contributed by atoms with Crippen molar-refractivity contribution in [2.75, 3.05) is 19.8 Å². The number of fused-ring (bicyclic) bond motifs is 2. The van der Waals surface area contributed by atoms with Crippen LogP contribution in [0.2, 0.25) is 0 Å². The van der Waals surface area contributed by atoms with Crippen molar-refractivity contribution in [2.24, 2.45) is 0 Å². The molecule has 0 N–H and O–H groups in total. The van der Waals surface area contributed by atoms with E-state index in [0.29, 0.717) is 24.4 Å². The molecule has 1 aromatic heterocycles. The molecule has 1 aromatic rings. The SMILES string of the molecule is Cc1ccc(OC2C[C@H]3COC[C@@H](C2)N3CCC#N)nc1. The average Bonchev–Trinajstić information content (AvgIpc) is 2.47. The molecule has 2 saturated heterocycles. The predicted octanol–water partition coefficient (Wildman–Crippen LogP) is 1.91. The van der Waals surface area contributed by atoms with Gasteiger partial charge in [-0.3, -0.25) is 4.90 Å². The van der Waals surface area contributed by atoms with E-state index in [1.54, 1.807) is 0 Å². The first kappa shape index (κ1) is 14.3. The van der Waals surface area contributed by atoms with Crippen LogP contribution in [0.3, 0.4) is 0 Å². The lowest BCUT2D eigenvalue weighted by atomic mass is 9.91. The molecule has 5 heteroatoms. The van der Waals surface area contributed by atoms with Crippen LogP contribution in [0.5, 0.6) is 5.88 Å². The highest BCUT2D eigenvalue weighted by Gasteiger charge is 2.39. The fraction of sp³-hybridized carbons (Fsp3) is 0.625. The molecule has 21 heavy (non-hydrogen) atoms. The highest BCUT2D eigenvalue weighted by molar-refractivity contribution is 5.16. The summed E-state index contributed by atoms with van der Waals surface area (Å²) in [5, 5.41) is 8.79. The van der Waals surface area contributed by atoms with Gasteiger partial charge < -0.3 is 9.47 Å². The number of aromatic nitrogens is 1. The molecule has 0 saturated carbocycles. The summed E-state index contributed by atoms with van der Waals surface area (Å²) in [5.74, 6) is 0.704. The molecular formula is C16H21N3O2. The normalized spacial score (nSPS) is 28.9. The zero-order valence-electron chi connectivity index (χ0n) is 12.4. The van der Waals surface area contributed by atoms with Crippen LogP contribution in [0.1, 0.15) is 24.8 Å². The molecule has 0 amide bonds. The molecule has 2 aliphatic heterocycles. The van der Waals surface area contributed by atoms with Gasteiger partial charge in [-0.05, 0) is 12.5 Å². The van der Waals surface area contributed by atoms with Crippen molar-refractivity contribution in [3.05, 3.63) is 23.9 Å². The molecule has 112 valence electrons. The molecule has 2 bridgehead atoms. The van der Waals surface area contributed by atoms with E-state index in [0.717, 1.165) is 38.2 Å². The number of morpholine rings is 1. The van der Waals surface area contributed by atoms with Crippen LogP contribution >= 0.6 is 0 Å². The third-order valence-corrected chi connectivity index (χ3v) is 4.28. The van der Waals surface area contributed by atoms with Crippen molar-refractivity contribution in [1.82, 2.24) is 9.88 Å². The first-order valence-electron chi connectivity index (χ1n) is 7.56. The monoisotopic (exact) mass is 287 g/mol. The minimum absolute atomic E-state index is 0.192. The summed E-state index contributed by atoms with van der Waals surface area (Å²) in [5.41, 5.74) is 1.14. The fourth-order valence-corrected chi connectivity index (χ4v) is 3.27. The molecule has 5 nitrogen and oxygen atoms in total. The summed E-state index contributed by atoms with van der Waals surface area (Å²) >= 11 is 0. The van der Waals surface area contributed by atoms with Gasteiger partial charge in [0, 0.05) is 50.2 Å². The zero-order chi connectivity index (χ0) is 14.7. The Bertz CT molecular complexity index is 497. The number of rotatable bonds is 4. The number of aryl methyl sites for hydroxylation is 1. The number of nitriles is 1. The Morgan fingerprint density at radius 2 is 2.14 bits per heavy atom. The maximum atomic E-state index is 8.79. The van der Waals surface area contributed by atoms with Gasteiger partial charge in [0.15, 0.2) is 0 Å². The Kier molecular flexibility index (Phi) is 4.37. The van der Waals surface area contributed by atoms with Gasteiger partial charge >= 0.3 is 0 Å². The van der Waals surface area contributed by atoms with E-state index >= 15 is 0 Å². The Morgan fingerprint density at radius 3 is 2.76 bits per heavy atom. The van der Waals surface area contributed by atoms with Gasteiger partial charge in [0.05, 0.1) is 19.3 Å². The highest BCUT2D eigenvalue weighted by atomic mass is 16.5. The Labute approximate surface area is 125 Å². The van der Waals surface area contributed by atoms with E-state index in [4.69, 9.17) is 14.7 Å².